The second-order valence-corrected chi connectivity index (χ2v) is 7.79. The molecule has 0 fully saturated rings. The lowest BCUT2D eigenvalue weighted by atomic mass is 10.1. The highest BCUT2D eigenvalue weighted by Crippen LogP contribution is 2.27. The Kier molecular flexibility index (Phi) is 5.87. The summed E-state index contributed by atoms with van der Waals surface area (Å²) in [6, 6.07) is 19.3. The minimum Gasteiger partial charge on any atom is -0.495 e. The number of carbonyl (C=O) groups is 1. The van der Waals surface area contributed by atoms with Crippen molar-refractivity contribution in [2.75, 3.05) is 17.1 Å². The smallest absolute Gasteiger partial charge is 0.263 e. The summed E-state index contributed by atoms with van der Waals surface area (Å²) in [6.45, 7) is 0. The summed E-state index contributed by atoms with van der Waals surface area (Å²) in [5.74, 6) is 0.00642. The molecule has 0 saturated carbocycles. The molecule has 0 atom stereocenters. The van der Waals surface area contributed by atoms with Gasteiger partial charge in [0.2, 0.25) is 0 Å². The third-order valence-corrected chi connectivity index (χ3v) is 5.76. The molecule has 0 saturated heterocycles. The Bertz CT molecular complexity index is 1120. The van der Waals surface area contributed by atoms with E-state index >= 15 is 0 Å². The van der Waals surface area contributed by atoms with E-state index in [1.165, 1.54) is 31.4 Å². The highest BCUT2D eigenvalue weighted by atomic mass is 35.5. The third kappa shape index (κ3) is 4.27. The van der Waals surface area contributed by atoms with Gasteiger partial charge in [0.15, 0.2) is 0 Å². The van der Waals surface area contributed by atoms with E-state index in [4.69, 9.17) is 16.3 Å². The van der Waals surface area contributed by atoms with Gasteiger partial charge in [0, 0.05) is 0 Å². The summed E-state index contributed by atoms with van der Waals surface area (Å²) in [5.41, 5.74) is 0.762. The van der Waals surface area contributed by atoms with Gasteiger partial charge >= 0.3 is 0 Å². The van der Waals surface area contributed by atoms with Crippen molar-refractivity contribution in [2.45, 2.75) is 4.90 Å². The van der Waals surface area contributed by atoms with Crippen molar-refractivity contribution in [3.63, 3.8) is 0 Å². The molecule has 0 spiro atoms. The van der Waals surface area contributed by atoms with Gasteiger partial charge in [-0.05, 0) is 36.4 Å². The van der Waals surface area contributed by atoms with Crippen molar-refractivity contribution in [3.8, 4) is 5.75 Å². The number of rotatable bonds is 6. The largest absolute Gasteiger partial charge is 0.495 e. The lowest BCUT2D eigenvalue weighted by molar-refractivity contribution is 0.102. The van der Waals surface area contributed by atoms with Crippen LogP contribution in [-0.2, 0) is 10.0 Å². The first kappa shape index (κ1) is 19.7. The van der Waals surface area contributed by atoms with Crippen LogP contribution in [0.3, 0.4) is 0 Å². The fraction of sp³-hybridized carbons (Fsp3) is 0.0500. The summed E-state index contributed by atoms with van der Waals surface area (Å²) in [5, 5.41) is 2.82. The molecule has 0 aromatic heterocycles. The van der Waals surface area contributed by atoms with E-state index in [1.54, 1.807) is 48.5 Å². The second kappa shape index (κ2) is 8.33. The minimum absolute atomic E-state index is 0.0726. The van der Waals surface area contributed by atoms with Gasteiger partial charge in [0.05, 0.1) is 29.1 Å². The van der Waals surface area contributed by atoms with Crippen molar-refractivity contribution in [1.82, 2.24) is 0 Å². The Labute approximate surface area is 168 Å². The molecule has 0 aliphatic heterocycles. The number of hydrogen-bond donors (Lipinski definition) is 2. The molecule has 1 amide bonds. The maximum absolute atomic E-state index is 12.8. The van der Waals surface area contributed by atoms with Crippen LogP contribution in [0.25, 0.3) is 0 Å². The molecular weight excluding hydrogens is 400 g/mol. The summed E-state index contributed by atoms with van der Waals surface area (Å²) >= 11 is 6.01. The molecule has 6 nitrogen and oxygen atoms in total. The number of amides is 1. The highest BCUT2D eigenvalue weighted by molar-refractivity contribution is 7.92. The predicted octanol–water partition coefficient (Wildman–Crippen LogP) is 4.40. The van der Waals surface area contributed by atoms with Crippen LogP contribution < -0.4 is 14.8 Å². The van der Waals surface area contributed by atoms with Crippen molar-refractivity contribution >= 4 is 38.9 Å². The number of anilines is 2. The molecule has 144 valence electrons. The fourth-order valence-electron chi connectivity index (χ4n) is 2.57. The molecule has 0 radical (unpaired) electrons. The van der Waals surface area contributed by atoms with E-state index in [2.05, 4.69) is 10.0 Å². The molecule has 28 heavy (non-hydrogen) atoms. The number of ether oxygens (including phenoxy) is 1. The average molecular weight is 417 g/mol. The maximum atomic E-state index is 12.8. The molecule has 2 N–H and O–H groups in total. The topological polar surface area (TPSA) is 84.5 Å². The zero-order valence-electron chi connectivity index (χ0n) is 14.8. The van der Waals surface area contributed by atoms with Gasteiger partial charge in [0.25, 0.3) is 15.9 Å². The molecule has 8 heteroatoms. The standard InChI is InChI=1S/C20H17ClN2O4S/c1-27-18-12-6-5-11-17(18)22-20(24)14-8-2-4-10-16(14)23-28(25,26)19-13-7-3-9-15(19)21/h2-13,23H,1H3,(H,22,24). The van der Waals surface area contributed by atoms with E-state index < -0.39 is 15.9 Å². The Hall–Kier alpha value is -3.03. The summed E-state index contributed by atoms with van der Waals surface area (Å²) < 4.78 is 33.1. The monoisotopic (exact) mass is 416 g/mol. The van der Waals surface area contributed by atoms with E-state index in [9.17, 15) is 13.2 Å². The molecule has 3 aromatic carbocycles. The number of halogens is 1. The predicted molar refractivity (Wildman–Crippen MR) is 110 cm³/mol. The third-order valence-electron chi connectivity index (χ3n) is 3.90. The lowest BCUT2D eigenvalue weighted by Crippen LogP contribution is -2.19. The van der Waals surface area contributed by atoms with Crippen LogP contribution in [0.15, 0.2) is 77.7 Å². The molecule has 3 rings (SSSR count). The van der Waals surface area contributed by atoms with E-state index in [0.29, 0.717) is 11.4 Å². The summed E-state index contributed by atoms with van der Waals surface area (Å²) in [4.78, 5) is 12.7. The SMILES string of the molecule is COc1ccccc1NC(=O)c1ccccc1NS(=O)(=O)c1ccccc1Cl. The van der Waals surface area contributed by atoms with Gasteiger partial charge in [-0.3, -0.25) is 9.52 Å². The molecule has 0 aliphatic rings. The van der Waals surface area contributed by atoms with Gasteiger partial charge < -0.3 is 10.1 Å². The van der Waals surface area contributed by atoms with Crippen LogP contribution in [-0.4, -0.2) is 21.4 Å². The molecule has 0 aliphatic carbocycles. The number of methoxy groups -OCH3 is 1. The van der Waals surface area contributed by atoms with Crippen LogP contribution in [0.5, 0.6) is 5.75 Å². The van der Waals surface area contributed by atoms with Gasteiger partial charge in [-0.25, -0.2) is 8.42 Å². The number of nitrogens with one attached hydrogen (secondary N) is 2. The van der Waals surface area contributed by atoms with Gasteiger partial charge in [-0.2, -0.15) is 0 Å². The summed E-state index contributed by atoms with van der Waals surface area (Å²) in [7, 11) is -2.48. The van der Waals surface area contributed by atoms with Gasteiger partial charge in [0.1, 0.15) is 10.6 Å². The van der Waals surface area contributed by atoms with Crippen molar-refractivity contribution in [3.05, 3.63) is 83.4 Å². The normalized spacial score (nSPS) is 10.9. The Balaban J connectivity index is 1.91. The quantitative estimate of drug-likeness (QED) is 0.623. The van der Waals surface area contributed by atoms with Crippen molar-refractivity contribution in [2.24, 2.45) is 0 Å². The fourth-order valence-corrected chi connectivity index (χ4v) is 4.17. The number of carbonyl (C=O) groups excluding carboxylic acids is 1. The van der Waals surface area contributed by atoms with Crippen molar-refractivity contribution < 1.29 is 17.9 Å². The van der Waals surface area contributed by atoms with E-state index in [-0.39, 0.29) is 21.2 Å². The van der Waals surface area contributed by atoms with Gasteiger partial charge in [-0.15, -0.1) is 0 Å². The lowest BCUT2D eigenvalue weighted by Gasteiger charge is -2.14. The zero-order valence-corrected chi connectivity index (χ0v) is 16.4. The van der Waals surface area contributed by atoms with E-state index in [1.807, 2.05) is 0 Å². The van der Waals surface area contributed by atoms with Crippen LogP contribution in [0.2, 0.25) is 5.02 Å². The first-order valence-electron chi connectivity index (χ1n) is 8.23. The second-order valence-electron chi connectivity index (χ2n) is 5.74. The number of para-hydroxylation sites is 3. The van der Waals surface area contributed by atoms with Crippen molar-refractivity contribution in [1.29, 1.82) is 0 Å². The first-order chi connectivity index (χ1) is 13.4. The Morgan fingerprint density at radius 2 is 1.50 bits per heavy atom. The minimum atomic E-state index is -3.97. The Morgan fingerprint density at radius 3 is 2.21 bits per heavy atom. The van der Waals surface area contributed by atoms with Crippen LogP contribution in [0.4, 0.5) is 11.4 Å². The van der Waals surface area contributed by atoms with Gasteiger partial charge in [-0.1, -0.05) is 48.0 Å². The van der Waals surface area contributed by atoms with E-state index in [0.717, 1.165) is 0 Å². The first-order valence-corrected chi connectivity index (χ1v) is 10.1. The van der Waals surface area contributed by atoms with Crippen LogP contribution in [0.1, 0.15) is 10.4 Å². The molecule has 0 bridgehead atoms. The number of hydrogen-bond acceptors (Lipinski definition) is 4. The molecule has 0 heterocycles. The molecule has 0 unspecified atom stereocenters. The Morgan fingerprint density at radius 1 is 0.893 bits per heavy atom. The highest BCUT2D eigenvalue weighted by Gasteiger charge is 2.21. The zero-order chi connectivity index (χ0) is 20.1. The number of sulfonamides is 1. The average Bonchev–Trinajstić information content (AvgIpc) is 2.68. The van der Waals surface area contributed by atoms with Crippen LogP contribution >= 0.6 is 11.6 Å². The summed E-state index contributed by atoms with van der Waals surface area (Å²) in [6.07, 6.45) is 0. The number of benzene rings is 3. The van der Waals surface area contributed by atoms with Crippen LogP contribution in [0, 0.1) is 0 Å². The molecule has 3 aromatic rings. The maximum Gasteiger partial charge on any atom is 0.263 e. The molecular formula is C20H17ClN2O4S.